The Balaban J connectivity index is 2.09. The molecule has 0 spiro atoms. The van der Waals surface area contributed by atoms with Crippen LogP contribution in [0.25, 0.3) is 11.3 Å². The van der Waals surface area contributed by atoms with Gasteiger partial charge in [0.25, 0.3) is 0 Å². The van der Waals surface area contributed by atoms with Gasteiger partial charge < -0.3 is 18.7 Å². The third kappa shape index (κ3) is 4.00. The summed E-state index contributed by atoms with van der Waals surface area (Å²) in [6.45, 7) is 0.0859. The minimum Gasteiger partial charge on any atom is -0.493 e. The number of methoxy groups -OCH3 is 2. The van der Waals surface area contributed by atoms with E-state index in [0.717, 1.165) is 5.56 Å². The Labute approximate surface area is 136 Å². The lowest BCUT2D eigenvalue weighted by atomic mass is 10.1. The Morgan fingerprint density at radius 3 is 2.68 bits per heavy atom. The molecule has 0 fully saturated rings. The van der Waals surface area contributed by atoms with E-state index in [1.54, 1.807) is 32.4 Å². The molecule has 0 atom stereocenters. The highest BCUT2D eigenvalue weighted by atomic mass is 79.9. The van der Waals surface area contributed by atoms with Crippen LogP contribution < -0.4 is 9.47 Å². The van der Waals surface area contributed by atoms with E-state index >= 15 is 0 Å². The fraction of sp³-hybridized carbons (Fsp3) is 0.333. The minimum absolute atomic E-state index is 0.0859. The molecule has 6 nitrogen and oxygen atoms in total. The van der Waals surface area contributed by atoms with Gasteiger partial charge in [0.1, 0.15) is 12.3 Å². The van der Waals surface area contributed by atoms with Crippen molar-refractivity contribution in [1.29, 1.82) is 0 Å². The van der Waals surface area contributed by atoms with Gasteiger partial charge in [-0.3, -0.25) is 4.79 Å². The number of carbonyl (C=O) groups is 1. The molecule has 0 aliphatic carbocycles. The molecule has 0 unspecified atom stereocenters. The zero-order valence-corrected chi connectivity index (χ0v) is 13.9. The summed E-state index contributed by atoms with van der Waals surface area (Å²) in [5.74, 6) is 1.51. The molecule has 0 aliphatic rings. The van der Waals surface area contributed by atoms with E-state index in [1.165, 1.54) is 0 Å². The molecule has 2 aromatic rings. The van der Waals surface area contributed by atoms with E-state index in [-0.39, 0.29) is 12.6 Å². The van der Waals surface area contributed by atoms with Crippen LogP contribution in [0.2, 0.25) is 0 Å². The largest absolute Gasteiger partial charge is 0.493 e. The fourth-order valence-electron chi connectivity index (χ4n) is 1.81. The lowest BCUT2D eigenvalue weighted by Gasteiger charge is -2.07. The van der Waals surface area contributed by atoms with Crippen molar-refractivity contribution in [2.24, 2.45) is 0 Å². The highest BCUT2D eigenvalue weighted by Gasteiger charge is 2.12. The van der Waals surface area contributed by atoms with Crippen LogP contribution >= 0.6 is 15.9 Å². The fourth-order valence-corrected chi connectivity index (χ4v) is 2.13. The Morgan fingerprint density at radius 2 is 2.00 bits per heavy atom. The van der Waals surface area contributed by atoms with Gasteiger partial charge in [0, 0.05) is 17.0 Å². The molecule has 1 aromatic heterocycles. The van der Waals surface area contributed by atoms with Crippen molar-refractivity contribution in [2.45, 2.75) is 13.0 Å². The van der Waals surface area contributed by atoms with Gasteiger partial charge in [-0.25, -0.2) is 0 Å². The quantitative estimate of drug-likeness (QED) is 0.551. The van der Waals surface area contributed by atoms with E-state index < -0.39 is 0 Å². The normalized spacial score (nSPS) is 10.3. The molecule has 7 heteroatoms. The van der Waals surface area contributed by atoms with Crippen molar-refractivity contribution in [2.75, 3.05) is 19.5 Å². The summed E-state index contributed by atoms with van der Waals surface area (Å²) in [5.41, 5.74) is 1.34. The standard InChI is InChI=1S/C15H16BrNO5/c1-19-12-4-3-10(7-14(12)20-2)13-8-11(17-22-13)9-21-15(18)5-6-16/h3-4,7-8H,5-6,9H2,1-2H3. The Morgan fingerprint density at radius 1 is 1.23 bits per heavy atom. The van der Waals surface area contributed by atoms with Crippen molar-refractivity contribution in [3.05, 3.63) is 30.0 Å². The smallest absolute Gasteiger partial charge is 0.307 e. The van der Waals surface area contributed by atoms with Crippen LogP contribution in [-0.4, -0.2) is 30.7 Å². The summed E-state index contributed by atoms with van der Waals surface area (Å²) in [6, 6.07) is 7.14. The molecule has 0 aliphatic heterocycles. The van der Waals surface area contributed by atoms with Gasteiger partial charge in [-0.05, 0) is 18.2 Å². The monoisotopic (exact) mass is 369 g/mol. The van der Waals surface area contributed by atoms with Crippen molar-refractivity contribution >= 4 is 21.9 Å². The number of aromatic nitrogens is 1. The predicted octanol–water partition coefficient (Wildman–Crippen LogP) is 3.19. The van der Waals surface area contributed by atoms with Crippen molar-refractivity contribution in [3.8, 4) is 22.8 Å². The van der Waals surface area contributed by atoms with E-state index in [1.807, 2.05) is 6.07 Å². The number of esters is 1. The molecular formula is C15H16BrNO5. The molecule has 0 saturated carbocycles. The summed E-state index contributed by atoms with van der Waals surface area (Å²) < 4.78 is 20.8. The maximum Gasteiger partial charge on any atom is 0.307 e. The van der Waals surface area contributed by atoms with Gasteiger partial charge in [0.05, 0.1) is 20.6 Å². The topological polar surface area (TPSA) is 70.8 Å². The van der Waals surface area contributed by atoms with E-state index in [9.17, 15) is 4.79 Å². The molecule has 0 N–H and O–H groups in total. The van der Waals surface area contributed by atoms with Gasteiger partial charge in [-0.2, -0.15) is 0 Å². The third-order valence-corrected chi connectivity index (χ3v) is 3.30. The summed E-state index contributed by atoms with van der Waals surface area (Å²) in [4.78, 5) is 11.3. The second-order valence-electron chi connectivity index (χ2n) is 4.35. The summed E-state index contributed by atoms with van der Waals surface area (Å²) >= 11 is 3.18. The summed E-state index contributed by atoms with van der Waals surface area (Å²) in [5, 5.41) is 4.46. The zero-order valence-electron chi connectivity index (χ0n) is 12.3. The van der Waals surface area contributed by atoms with Gasteiger partial charge in [0.15, 0.2) is 17.3 Å². The highest BCUT2D eigenvalue weighted by Crippen LogP contribution is 2.32. The van der Waals surface area contributed by atoms with Gasteiger partial charge in [-0.1, -0.05) is 21.1 Å². The second-order valence-corrected chi connectivity index (χ2v) is 5.14. The number of rotatable bonds is 7. The first-order chi connectivity index (χ1) is 10.7. The zero-order chi connectivity index (χ0) is 15.9. The second kappa shape index (κ2) is 7.84. The average molecular weight is 370 g/mol. The van der Waals surface area contributed by atoms with Crippen LogP contribution in [0, 0.1) is 0 Å². The Hall–Kier alpha value is -2.02. The number of hydrogen-bond acceptors (Lipinski definition) is 6. The molecule has 2 rings (SSSR count). The summed E-state index contributed by atoms with van der Waals surface area (Å²) in [7, 11) is 3.14. The molecule has 0 saturated heterocycles. The predicted molar refractivity (Wildman–Crippen MR) is 83.3 cm³/mol. The van der Waals surface area contributed by atoms with Crippen molar-refractivity contribution in [1.82, 2.24) is 5.16 Å². The van der Waals surface area contributed by atoms with E-state index in [4.69, 9.17) is 18.7 Å². The molecule has 118 valence electrons. The molecule has 0 amide bonds. The maximum absolute atomic E-state index is 11.3. The van der Waals surface area contributed by atoms with Crippen LogP contribution in [0.4, 0.5) is 0 Å². The van der Waals surface area contributed by atoms with Crippen LogP contribution in [0.5, 0.6) is 11.5 Å². The minimum atomic E-state index is -0.285. The molecule has 1 aromatic carbocycles. The Bertz CT molecular complexity index is 641. The maximum atomic E-state index is 11.3. The van der Waals surface area contributed by atoms with Crippen molar-refractivity contribution < 1.29 is 23.5 Å². The number of carbonyl (C=O) groups excluding carboxylic acids is 1. The number of alkyl halides is 1. The Kier molecular flexibility index (Phi) is 5.83. The lowest BCUT2D eigenvalue weighted by Crippen LogP contribution is -2.04. The van der Waals surface area contributed by atoms with E-state index in [0.29, 0.717) is 34.7 Å². The van der Waals surface area contributed by atoms with Crippen LogP contribution in [0.3, 0.4) is 0 Å². The molecule has 1 heterocycles. The molecular weight excluding hydrogens is 354 g/mol. The van der Waals surface area contributed by atoms with Crippen LogP contribution in [0.1, 0.15) is 12.1 Å². The van der Waals surface area contributed by atoms with Crippen molar-refractivity contribution in [3.63, 3.8) is 0 Å². The summed E-state index contributed by atoms with van der Waals surface area (Å²) in [6.07, 6.45) is 0.320. The number of benzene rings is 1. The highest BCUT2D eigenvalue weighted by molar-refractivity contribution is 9.09. The number of halogens is 1. The van der Waals surface area contributed by atoms with Gasteiger partial charge in [0.2, 0.25) is 0 Å². The number of hydrogen-bond donors (Lipinski definition) is 0. The van der Waals surface area contributed by atoms with Crippen LogP contribution in [0.15, 0.2) is 28.8 Å². The molecule has 0 bridgehead atoms. The van der Waals surface area contributed by atoms with Gasteiger partial charge in [-0.15, -0.1) is 0 Å². The first kappa shape index (κ1) is 16.4. The number of ether oxygens (including phenoxy) is 3. The lowest BCUT2D eigenvalue weighted by molar-refractivity contribution is -0.144. The molecule has 0 radical (unpaired) electrons. The van der Waals surface area contributed by atoms with Gasteiger partial charge >= 0.3 is 5.97 Å². The average Bonchev–Trinajstić information content (AvgIpc) is 3.01. The van der Waals surface area contributed by atoms with Crippen LogP contribution in [-0.2, 0) is 16.1 Å². The van der Waals surface area contributed by atoms with E-state index in [2.05, 4.69) is 21.1 Å². The SMILES string of the molecule is COc1ccc(-c2cc(COC(=O)CCBr)no2)cc1OC. The molecule has 22 heavy (non-hydrogen) atoms. The first-order valence-corrected chi connectivity index (χ1v) is 7.69. The number of nitrogens with zero attached hydrogens (tertiary/aromatic N) is 1. The third-order valence-electron chi connectivity index (χ3n) is 2.91. The first-order valence-electron chi connectivity index (χ1n) is 6.57.